The van der Waals surface area contributed by atoms with E-state index < -0.39 is 63.4 Å². The van der Waals surface area contributed by atoms with Crippen molar-refractivity contribution in [3.63, 3.8) is 0 Å². The van der Waals surface area contributed by atoms with Crippen molar-refractivity contribution < 1.29 is 30.8 Å². The lowest BCUT2D eigenvalue weighted by molar-refractivity contribution is -0.151. The van der Waals surface area contributed by atoms with Crippen LogP contribution in [0.5, 0.6) is 0 Å². The first-order chi connectivity index (χ1) is 19.5. The maximum Gasteiger partial charge on any atom is 0.390 e. The Kier molecular flexibility index (Phi) is 7.67. The van der Waals surface area contributed by atoms with Gasteiger partial charge in [0.2, 0.25) is 15.9 Å². The molecule has 0 saturated heterocycles. The molecule has 2 aromatic carbocycles. The largest absolute Gasteiger partial charge is 0.390 e. The predicted molar refractivity (Wildman–Crippen MR) is 151 cm³/mol. The molecule has 0 aromatic heterocycles. The molecule has 0 unspecified atom stereocenters. The summed E-state index contributed by atoms with van der Waals surface area (Å²) >= 11 is 5.85. The molecule has 1 N–H and O–H groups in total. The maximum atomic E-state index is 14.3. The smallest absolute Gasteiger partial charge is 0.366 e. The van der Waals surface area contributed by atoms with E-state index in [-0.39, 0.29) is 23.0 Å². The molecule has 1 amide bonds. The molecule has 228 valence electrons. The van der Waals surface area contributed by atoms with Crippen LogP contribution in [0.1, 0.15) is 52.0 Å². The Hall–Kier alpha value is -2.70. The van der Waals surface area contributed by atoms with E-state index in [0.717, 1.165) is 0 Å². The minimum atomic E-state index is -4.38. The first-order valence-electron chi connectivity index (χ1n) is 13.8. The van der Waals surface area contributed by atoms with Crippen LogP contribution in [-0.4, -0.2) is 65.8 Å². The molecule has 6 rings (SSSR count). The van der Waals surface area contributed by atoms with Gasteiger partial charge in [-0.3, -0.25) is 9.79 Å². The van der Waals surface area contributed by atoms with Crippen molar-refractivity contribution in [1.29, 1.82) is 0 Å². The Balaban J connectivity index is 1.39. The summed E-state index contributed by atoms with van der Waals surface area (Å²) in [6.07, 6.45) is -4.15. The Bertz CT molecular complexity index is 1490. The first-order valence-corrected chi connectivity index (χ1v) is 15.6. The first kappa shape index (κ1) is 30.7. The molecular weight excluding hydrogens is 596 g/mol. The molecule has 2 aromatic rings. The van der Waals surface area contributed by atoms with Gasteiger partial charge in [-0.15, -0.1) is 0 Å². The third kappa shape index (κ3) is 5.41. The van der Waals surface area contributed by atoms with Gasteiger partial charge in [0.05, 0.1) is 21.9 Å². The molecule has 1 aliphatic heterocycles. The number of amides is 1. The van der Waals surface area contributed by atoms with E-state index in [0.29, 0.717) is 30.7 Å². The number of likely N-dealkylation sites (N-methyl/N-ethyl adjacent to an activating group) is 1. The van der Waals surface area contributed by atoms with Crippen LogP contribution in [0.15, 0.2) is 58.4 Å². The summed E-state index contributed by atoms with van der Waals surface area (Å²) < 4.78 is 82.0. The number of sulfonamides is 1. The molecule has 0 spiro atoms. The van der Waals surface area contributed by atoms with Gasteiger partial charge in [0, 0.05) is 30.6 Å². The van der Waals surface area contributed by atoms with Gasteiger partial charge >= 0.3 is 6.18 Å². The Morgan fingerprint density at radius 1 is 1.12 bits per heavy atom. The number of amidine groups is 1. The van der Waals surface area contributed by atoms with Crippen LogP contribution in [0, 0.1) is 11.2 Å². The standard InChI is InChI=1S/C29H33ClF4N4O3S/c1-4-37(13-12-29(32,33)34)24(39)23-26(2,3)36-25(35-23)27-16-28(17-27,18-27)38(15-19-10-11-21(30)22(31)14-19)42(40,41)20-8-6-5-7-9-20/h5-11,14,23H,4,12-13,15-18H2,1-3H3,(H,35,36)/t23-,27?,28?/m0/s1. The second kappa shape index (κ2) is 10.5. The number of hydrogen-bond acceptors (Lipinski definition) is 5. The Morgan fingerprint density at radius 2 is 1.76 bits per heavy atom. The highest BCUT2D eigenvalue weighted by atomic mass is 35.5. The number of nitrogens with one attached hydrogen (secondary N) is 1. The number of halogens is 5. The number of rotatable bonds is 10. The maximum absolute atomic E-state index is 14.3. The number of nitrogens with zero attached hydrogens (tertiary/aromatic N) is 3. The molecule has 4 aliphatic rings. The van der Waals surface area contributed by atoms with Gasteiger partial charge in [-0.05, 0) is 69.9 Å². The number of carbonyl (C=O) groups is 1. The number of alkyl halides is 3. The Labute approximate surface area is 248 Å². The second-order valence-corrected chi connectivity index (χ2v) is 14.4. The van der Waals surface area contributed by atoms with Crippen LogP contribution in [-0.2, 0) is 21.4 Å². The Morgan fingerprint density at radius 3 is 2.33 bits per heavy atom. The SMILES string of the molecule is CCN(CCC(F)(F)F)C(=O)[C@@H]1N=C(C23CC(N(Cc4ccc(Cl)c(F)c4)S(=O)(=O)c4ccccc4)(C2)C3)NC1(C)C. The van der Waals surface area contributed by atoms with Crippen molar-refractivity contribution >= 4 is 33.4 Å². The van der Waals surface area contributed by atoms with Gasteiger partial charge in [0.1, 0.15) is 11.7 Å². The van der Waals surface area contributed by atoms with Crippen LogP contribution < -0.4 is 5.32 Å². The quantitative estimate of drug-likeness (QED) is 0.350. The van der Waals surface area contributed by atoms with Gasteiger partial charge < -0.3 is 10.2 Å². The summed E-state index contributed by atoms with van der Waals surface area (Å²) in [5.74, 6) is -0.540. The van der Waals surface area contributed by atoms with Crippen molar-refractivity contribution in [3.8, 4) is 0 Å². The van der Waals surface area contributed by atoms with Gasteiger partial charge in [-0.1, -0.05) is 35.9 Å². The van der Waals surface area contributed by atoms with E-state index in [2.05, 4.69) is 5.32 Å². The zero-order valence-corrected chi connectivity index (χ0v) is 25.1. The molecule has 1 heterocycles. The molecule has 3 fully saturated rings. The minimum Gasteiger partial charge on any atom is -0.366 e. The van der Waals surface area contributed by atoms with E-state index in [9.17, 15) is 30.8 Å². The van der Waals surface area contributed by atoms with Gasteiger partial charge in [-0.25, -0.2) is 12.8 Å². The number of benzene rings is 2. The number of hydrogen-bond donors (Lipinski definition) is 1. The monoisotopic (exact) mass is 628 g/mol. The third-order valence-electron chi connectivity index (χ3n) is 8.65. The summed E-state index contributed by atoms with van der Waals surface area (Å²) in [4.78, 5) is 19.3. The van der Waals surface area contributed by atoms with E-state index in [1.54, 1.807) is 45.0 Å². The van der Waals surface area contributed by atoms with Crippen LogP contribution in [0.4, 0.5) is 17.6 Å². The second-order valence-electron chi connectivity index (χ2n) is 12.1. The zero-order chi connectivity index (χ0) is 30.7. The van der Waals surface area contributed by atoms with Gasteiger partial charge in [0.15, 0.2) is 6.04 Å². The van der Waals surface area contributed by atoms with Crippen LogP contribution in [0.3, 0.4) is 0 Å². The third-order valence-corrected chi connectivity index (χ3v) is 10.9. The molecular formula is C29H33ClF4N4O3S. The highest BCUT2D eigenvalue weighted by molar-refractivity contribution is 7.89. The van der Waals surface area contributed by atoms with Gasteiger partial charge in [-0.2, -0.15) is 17.5 Å². The van der Waals surface area contributed by atoms with Crippen molar-refractivity contribution in [1.82, 2.24) is 14.5 Å². The van der Waals surface area contributed by atoms with E-state index in [1.165, 1.54) is 33.5 Å². The highest BCUT2D eigenvalue weighted by Crippen LogP contribution is 2.71. The highest BCUT2D eigenvalue weighted by Gasteiger charge is 2.75. The van der Waals surface area contributed by atoms with Crippen molar-refractivity contribution in [3.05, 3.63) is 64.9 Å². The molecule has 42 heavy (non-hydrogen) atoms. The molecule has 3 saturated carbocycles. The lowest BCUT2D eigenvalue weighted by Crippen LogP contribution is -2.78. The fourth-order valence-electron chi connectivity index (χ4n) is 6.47. The zero-order valence-electron chi connectivity index (χ0n) is 23.5. The molecule has 13 heteroatoms. The molecule has 3 aliphatic carbocycles. The molecule has 1 atom stereocenters. The van der Waals surface area contributed by atoms with Crippen molar-refractivity contribution in [2.45, 2.75) is 81.2 Å². The van der Waals surface area contributed by atoms with Crippen LogP contribution in [0.25, 0.3) is 0 Å². The molecule has 0 radical (unpaired) electrons. The number of carbonyl (C=O) groups excluding carboxylic acids is 1. The molecule has 2 bridgehead atoms. The number of aliphatic imine (C=N–C) groups is 1. The normalized spacial score (nSPS) is 26.2. The fourth-order valence-corrected chi connectivity index (χ4v) is 8.37. The van der Waals surface area contributed by atoms with Crippen LogP contribution in [0.2, 0.25) is 5.02 Å². The molecule has 7 nitrogen and oxygen atoms in total. The minimum absolute atomic E-state index is 0.0570. The summed E-state index contributed by atoms with van der Waals surface area (Å²) in [5.41, 5.74) is -1.59. The average molecular weight is 629 g/mol. The lowest BCUT2D eigenvalue weighted by atomic mass is 9.38. The van der Waals surface area contributed by atoms with Crippen LogP contribution >= 0.6 is 11.6 Å². The predicted octanol–water partition coefficient (Wildman–Crippen LogP) is 5.54. The lowest BCUT2D eigenvalue weighted by Gasteiger charge is -2.73. The summed E-state index contributed by atoms with van der Waals surface area (Å²) in [7, 11) is -3.97. The average Bonchev–Trinajstić information content (AvgIpc) is 3.18. The van der Waals surface area contributed by atoms with E-state index >= 15 is 0 Å². The summed E-state index contributed by atoms with van der Waals surface area (Å²) in [5, 5.41) is 3.27. The van der Waals surface area contributed by atoms with Crippen molar-refractivity contribution in [2.75, 3.05) is 13.1 Å². The summed E-state index contributed by atoms with van der Waals surface area (Å²) in [6, 6.07) is 11.4. The topological polar surface area (TPSA) is 82.1 Å². The fraction of sp³-hybridized carbons (Fsp3) is 0.517. The van der Waals surface area contributed by atoms with Gasteiger partial charge in [0.25, 0.3) is 0 Å². The van der Waals surface area contributed by atoms with E-state index in [1.807, 2.05) is 0 Å². The van der Waals surface area contributed by atoms with E-state index in [4.69, 9.17) is 16.6 Å². The summed E-state index contributed by atoms with van der Waals surface area (Å²) in [6.45, 7) is 4.82. The van der Waals surface area contributed by atoms with Crippen molar-refractivity contribution in [2.24, 2.45) is 10.4 Å².